The molecule has 2 aromatic heterocycles. The molecule has 8 heteroatoms. The Labute approximate surface area is 170 Å². The van der Waals surface area contributed by atoms with E-state index in [9.17, 15) is 9.59 Å². The minimum Gasteiger partial charge on any atom is -0.465 e. The van der Waals surface area contributed by atoms with Crippen molar-refractivity contribution < 1.29 is 19.1 Å². The number of anilines is 1. The summed E-state index contributed by atoms with van der Waals surface area (Å²) in [7, 11) is 2.54. The molecule has 0 radical (unpaired) electrons. The summed E-state index contributed by atoms with van der Waals surface area (Å²) in [5, 5.41) is 1.98. The van der Waals surface area contributed by atoms with Gasteiger partial charge in [0.15, 0.2) is 4.96 Å². The summed E-state index contributed by atoms with van der Waals surface area (Å²) in [4.78, 5) is 31.8. The normalized spacial score (nSPS) is 13.7. The standard InChI is InChI=1S/C21H17N3O4S/c1-27-19(25)16-5-3-4-10-24(18(16)20(26)28-2)15-8-6-14(7-9-15)17-13-23-11-12-29-21(23)22-17/h3-13H,1-2H3. The maximum Gasteiger partial charge on any atom is 0.355 e. The van der Waals surface area contributed by atoms with Gasteiger partial charge in [-0.2, -0.15) is 0 Å². The quantitative estimate of drug-likeness (QED) is 0.616. The second-order valence-corrected chi connectivity index (χ2v) is 6.95. The van der Waals surface area contributed by atoms with E-state index in [1.807, 2.05) is 46.4 Å². The number of methoxy groups -OCH3 is 2. The minimum absolute atomic E-state index is 0.0830. The lowest BCUT2D eigenvalue weighted by molar-refractivity contribution is -0.139. The molecule has 29 heavy (non-hydrogen) atoms. The van der Waals surface area contributed by atoms with E-state index in [2.05, 4.69) is 4.98 Å². The Balaban J connectivity index is 1.74. The molecule has 0 bridgehead atoms. The number of hydrogen-bond donors (Lipinski definition) is 0. The van der Waals surface area contributed by atoms with E-state index in [1.165, 1.54) is 20.3 Å². The molecule has 1 aliphatic rings. The summed E-state index contributed by atoms with van der Waals surface area (Å²) in [5.74, 6) is -1.26. The van der Waals surface area contributed by atoms with Crippen LogP contribution >= 0.6 is 11.3 Å². The first-order chi connectivity index (χ1) is 14.1. The number of thiazole rings is 1. The minimum atomic E-state index is -0.639. The molecule has 3 aromatic rings. The van der Waals surface area contributed by atoms with E-state index >= 15 is 0 Å². The van der Waals surface area contributed by atoms with Gasteiger partial charge in [0.1, 0.15) is 5.70 Å². The summed E-state index contributed by atoms with van der Waals surface area (Å²) >= 11 is 1.57. The highest BCUT2D eigenvalue weighted by Crippen LogP contribution is 2.29. The van der Waals surface area contributed by atoms with Gasteiger partial charge in [0.25, 0.3) is 0 Å². The number of carbonyl (C=O) groups is 2. The highest BCUT2D eigenvalue weighted by molar-refractivity contribution is 7.15. The van der Waals surface area contributed by atoms with Crippen LogP contribution in [0.25, 0.3) is 16.2 Å². The molecular formula is C21H17N3O4S. The number of allylic oxidation sites excluding steroid dienone is 2. The number of fused-ring (bicyclic) bond motifs is 1. The monoisotopic (exact) mass is 407 g/mol. The topological polar surface area (TPSA) is 73.1 Å². The smallest absolute Gasteiger partial charge is 0.355 e. The maximum atomic E-state index is 12.5. The van der Waals surface area contributed by atoms with Gasteiger partial charge < -0.3 is 14.4 Å². The van der Waals surface area contributed by atoms with E-state index in [0.29, 0.717) is 5.69 Å². The van der Waals surface area contributed by atoms with Gasteiger partial charge in [-0.3, -0.25) is 4.40 Å². The molecule has 1 aromatic carbocycles. The fraction of sp³-hybridized carbons (Fsp3) is 0.0952. The molecule has 3 heterocycles. The van der Waals surface area contributed by atoms with Crippen molar-refractivity contribution >= 4 is 33.9 Å². The molecular weight excluding hydrogens is 390 g/mol. The van der Waals surface area contributed by atoms with Crippen LogP contribution in [0.15, 0.2) is 77.7 Å². The molecule has 0 fully saturated rings. The summed E-state index contributed by atoms with van der Waals surface area (Å²) in [6.07, 6.45) is 10.5. The van der Waals surface area contributed by atoms with Crippen LogP contribution < -0.4 is 4.90 Å². The van der Waals surface area contributed by atoms with E-state index in [1.54, 1.807) is 34.6 Å². The SMILES string of the molecule is COC(=O)C1=C(C(=O)OC)N(c2ccc(-c3cn4ccsc4n3)cc2)C=CC=C1. The molecule has 0 unspecified atom stereocenters. The molecule has 0 N–H and O–H groups in total. The third-order valence-corrected chi connectivity index (χ3v) is 5.19. The first-order valence-electron chi connectivity index (χ1n) is 8.70. The highest BCUT2D eigenvalue weighted by atomic mass is 32.1. The number of esters is 2. The molecule has 0 atom stereocenters. The zero-order chi connectivity index (χ0) is 20.4. The van der Waals surface area contributed by atoms with Gasteiger partial charge in [0.2, 0.25) is 0 Å². The van der Waals surface area contributed by atoms with Crippen LogP contribution in [0, 0.1) is 0 Å². The molecule has 0 saturated heterocycles. The lowest BCUT2D eigenvalue weighted by atomic mass is 10.1. The summed E-state index contributed by atoms with van der Waals surface area (Å²) in [6, 6.07) is 7.55. The Morgan fingerprint density at radius 1 is 1.03 bits per heavy atom. The number of rotatable bonds is 4. The molecule has 0 amide bonds. The number of hydrogen-bond acceptors (Lipinski definition) is 7. The Bertz CT molecular complexity index is 1140. The fourth-order valence-corrected chi connectivity index (χ4v) is 3.72. The van der Waals surface area contributed by atoms with Crippen LogP contribution in [0.4, 0.5) is 5.69 Å². The molecule has 4 rings (SSSR count). The van der Waals surface area contributed by atoms with Gasteiger partial charge in [-0.05, 0) is 24.3 Å². The van der Waals surface area contributed by atoms with Crippen molar-refractivity contribution in [2.75, 3.05) is 19.1 Å². The van der Waals surface area contributed by atoms with Gasteiger partial charge in [0.05, 0.1) is 25.5 Å². The van der Waals surface area contributed by atoms with Gasteiger partial charge in [-0.1, -0.05) is 18.2 Å². The average molecular weight is 407 g/mol. The van der Waals surface area contributed by atoms with E-state index in [-0.39, 0.29) is 11.3 Å². The van der Waals surface area contributed by atoms with E-state index < -0.39 is 11.9 Å². The van der Waals surface area contributed by atoms with Crippen molar-refractivity contribution in [2.24, 2.45) is 0 Å². The first-order valence-corrected chi connectivity index (χ1v) is 9.58. The second-order valence-electron chi connectivity index (χ2n) is 6.08. The molecule has 0 spiro atoms. The summed E-state index contributed by atoms with van der Waals surface area (Å²) in [6.45, 7) is 0. The van der Waals surface area contributed by atoms with Crippen LogP contribution in [-0.4, -0.2) is 35.5 Å². The van der Waals surface area contributed by atoms with Crippen LogP contribution in [0.2, 0.25) is 0 Å². The Morgan fingerprint density at radius 3 is 2.48 bits per heavy atom. The number of aromatic nitrogens is 2. The predicted octanol–water partition coefficient (Wildman–Crippen LogP) is 3.55. The predicted molar refractivity (Wildman–Crippen MR) is 110 cm³/mol. The average Bonchev–Trinajstić information content (AvgIpc) is 3.28. The van der Waals surface area contributed by atoms with Crippen molar-refractivity contribution in [3.63, 3.8) is 0 Å². The Morgan fingerprint density at radius 2 is 1.79 bits per heavy atom. The third-order valence-electron chi connectivity index (χ3n) is 4.42. The lowest BCUT2D eigenvalue weighted by Gasteiger charge is -2.23. The number of nitrogens with zero attached hydrogens (tertiary/aromatic N) is 3. The molecule has 7 nitrogen and oxygen atoms in total. The van der Waals surface area contributed by atoms with Crippen LogP contribution in [0.5, 0.6) is 0 Å². The molecule has 0 aliphatic carbocycles. The highest BCUT2D eigenvalue weighted by Gasteiger charge is 2.27. The van der Waals surface area contributed by atoms with Crippen molar-refractivity contribution in [1.82, 2.24) is 9.38 Å². The number of imidazole rings is 1. The summed E-state index contributed by atoms with van der Waals surface area (Å²) < 4.78 is 11.7. The third kappa shape index (κ3) is 3.45. The summed E-state index contributed by atoms with van der Waals surface area (Å²) in [5.41, 5.74) is 2.69. The van der Waals surface area contributed by atoms with E-state index in [0.717, 1.165) is 16.2 Å². The van der Waals surface area contributed by atoms with E-state index in [4.69, 9.17) is 9.47 Å². The van der Waals surface area contributed by atoms with Crippen LogP contribution in [0.3, 0.4) is 0 Å². The number of carbonyl (C=O) groups excluding carboxylic acids is 2. The fourth-order valence-electron chi connectivity index (χ4n) is 3.02. The first kappa shape index (κ1) is 18.7. The Hall–Kier alpha value is -3.65. The van der Waals surface area contributed by atoms with Crippen molar-refractivity contribution in [2.45, 2.75) is 0 Å². The largest absolute Gasteiger partial charge is 0.465 e. The molecule has 1 aliphatic heterocycles. The van der Waals surface area contributed by atoms with Crippen molar-refractivity contribution in [3.05, 3.63) is 77.7 Å². The lowest BCUT2D eigenvalue weighted by Crippen LogP contribution is -2.26. The Kier molecular flexibility index (Phi) is 5.01. The van der Waals surface area contributed by atoms with Crippen LogP contribution in [0.1, 0.15) is 0 Å². The number of benzene rings is 1. The van der Waals surface area contributed by atoms with Gasteiger partial charge >= 0.3 is 11.9 Å². The molecule has 0 saturated carbocycles. The number of ether oxygens (including phenoxy) is 2. The maximum absolute atomic E-state index is 12.5. The molecule has 146 valence electrons. The van der Waals surface area contributed by atoms with Gasteiger partial charge in [0, 0.05) is 35.2 Å². The van der Waals surface area contributed by atoms with Crippen LogP contribution in [-0.2, 0) is 19.1 Å². The zero-order valence-corrected chi connectivity index (χ0v) is 16.6. The van der Waals surface area contributed by atoms with Crippen molar-refractivity contribution in [1.29, 1.82) is 0 Å². The second kappa shape index (κ2) is 7.76. The van der Waals surface area contributed by atoms with Crippen molar-refractivity contribution in [3.8, 4) is 11.3 Å². The van der Waals surface area contributed by atoms with Gasteiger partial charge in [-0.15, -0.1) is 11.3 Å². The van der Waals surface area contributed by atoms with Gasteiger partial charge in [-0.25, -0.2) is 14.6 Å². The zero-order valence-electron chi connectivity index (χ0n) is 15.7.